The van der Waals surface area contributed by atoms with Crippen molar-refractivity contribution >= 4 is 33.8 Å². The number of amides is 1. The van der Waals surface area contributed by atoms with Crippen molar-refractivity contribution in [3.05, 3.63) is 29.8 Å². The third-order valence-electron chi connectivity index (χ3n) is 5.17. The summed E-state index contributed by atoms with van der Waals surface area (Å²) < 4.78 is 5.16. The summed E-state index contributed by atoms with van der Waals surface area (Å²) in [5, 5.41) is 11.5. The third kappa shape index (κ3) is 6.93. The quantitative estimate of drug-likeness (QED) is 0.418. The molecule has 0 saturated carbocycles. The number of hydrogen-bond acceptors (Lipinski definition) is 2. The molecule has 0 aliphatic carbocycles. The Morgan fingerprint density at radius 2 is 1.42 bits per heavy atom. The summed E-state index contributed by atoms with van der Waals surface area (Å²) in [6, 6.07) is 8.02. The van der Waals surface area contributed by atoms with Crippen LogP contribution in [0.5, 0.6) is 0 Å². The minimum absolute atomic E-state index is 0.228. The van der Waals surface area contributed by atoms with Crippen molar-refractivity contribution in [3.8, 4) is 0 Å². The number of hydrogen-bond donors (Lipinski definition) is 2. The second kappa shape index (κ2) is 12.4. The second-order valence-corrected chi connectivity index (χ2v) is 20.3. The number of carbonyl (C=O) groups is 2. The number of carbonyl (C=O) groups excluding carboxylic acids is 1. The molecule has 0 fully saturated rings. The molecule has 0 aliphatic rings. The van der Waals surface area contributed by atoms with Gasteiger partial charge in [0.05, 0.1) is 0 Å². The molecule has 0 heterocycles. The summed E-state index contributed by atoms with van der Waals surface area (Å²) in [5.41, 5.74) is 0.729. The van der Waals surface area contributed by atoms with Gasteiger partial charge in [0.2, 0.25) is 0 Å². The molecule has 0 aromatic heterocycles. The first-order valence-electron chi connectivity index (χ1n) is 10.1. The Hall–Kier alpha value is -1.04. The van der Waals surface area contributed by atoms with Crippen LogP contribution in [0.4, 0.5) is 0 Å². The normalized spacial score (nSPS) is 11.3. The maximum absolute atomic E-state index is 12.7. The molecule has 0 radical (unpaired) electrons. The molecule has 0 aliphatic heterocycles. The molecular weight excluding hydrogens is 433 g/mol. The van der Waals surface area contributed by atoms with Gasteiger partial charge >= 0.3 is 163 Å². The number of carboxylic acid groups (broad SMARTS) is 1. The molecule has 0 bridgehead atoms. The van der Waals surface area contributed by atoms with E-state index in [1.165, 1.54) is 55.4 Å². The molecule has 0 atom stereocenters. The van der Waals surface area contributed by atoms with E-state index < -0.39 is 24.3 Å². The van der Waals surface area contributed by atoms with Gasteiger partial charge < -0.3 is 0 Å². The Balaban J connectivity index is 3.29. The molecule has 2 N–H and O–H groups in total. The van der Waals surface area contributed by atoms with E-state index in [0.29, 0.717) is 0 Å². The molecule has 4 nitrogen and oxygen atoms in total. The first kappa shape index (κ1) is 23.0. The summed E-state index contributed by atoms with van der Waals surface area (Å²) in [7, 11) is 0. The first-order valence-corrected chi connectivity index (χ1v) is 17.6. The Morgan fingerprint density at radius 3 is 1.88 bits per heavy atom. The van der Waals surface area contributed by atoms with Gasteiger partial charge in [0.15, 0.2) is 0 Å². The Bertz CT molecular complexity index is 552. The molecule has 26 heavy (non-hydrogen) atoms. The predicted molar refractivity (Wildman–Crippen MR) is 111 cm³/mol. The number of nitrogens with one attached hydrogen (secondary N) is 1. The van der Waals surface area contributed by atoms with Gasteiger partial charge in [-0.15, -0.1) is 0 Å². The van der Waals surface area contributed by atoms with Crippen molar-refractivity contribution in [2.45, 2.75) is 72.6 Å². The van der Waals surface area contributed by atoms with Gasteiger partial charge in [0.1, 0.15) is 0 Å². The molecule has 0 unspecified atom stereocenters. The molecule has 1 aromatic rings. The Morgan fingerprint density at radius 1 is 0.923 bits per heavy atom. The molecule has 146 valence electrons. The van der Waals surface area contributed by atoms with E-state index in [4.69, 9.17) is 5.11 Å². The van der Waals surface area contributed by atoms with Crippen molar-refractivity contribution < 1.29 is 14.7 Å². The van der Waals surface area contributed by atoms with Gasteiger partial charge in [0, 0.05) is 0 Å². The van der Waals surface area contributed by atoms with Crippen LogP contribution in [0.15, 0.2) is 24.3 Å². The molecule has 5 heteroatoms. The Kier molecular flexibility index (Phi) is 10.9. The zero-order valence-corrected chi connectivity index (χ0v) is 19.5. The SMILES string of the molecule is CCC[CH2][Sn]([CH2]CCC)([CH2]CCC)[c]1ccccc1C(=O)NCC(=O)O. The van der Waals surface area contributed by atoms with Crippen molar-refractivity contribution in [2.75, 3.05) is 6.54 Å². The van der Waals surface area contributed by atoms with E-state index in [9.17, 15) is 9.59 Å². The zero-order chi connectivity index (χ0) is 19.4. The number of carboxylic acids is 1. The van der Waals surface area contributed by atoms with Gasteiger partial charge in [-0.05, 0) is 0 Å². The predicted octanol–water partition coefficient (Wildman–Crippen LogP) is 4.56. The summed E-state index contributed by atoms with van der Waals surface area (Å²) in [6.45, 7) is 6.39. The van der Waals surface area contributed by atoms with E-state index in [2.05, 4.69) is 38.2 Å². The number of rotatable bonds is 13. The van der Waals surface area contributed by atoms with E-state index in [0.717, 1.165) is 5.56 Å². The average Bonchev–Trinajstić information content (AvgIpc) is 2.66. The van der Waals surface area contributed by atoms with Crippen LogP contribution in [-0.4, -0.2) is 41.9 Å². The summed E-state index contributed by atoms with van der Waals surface area (Å²) >= 11 is -2.73. The van der Waals surface area contributed by atoms with Crippen LogP contribution in [0.2, 0.25) is 13.3 Å². The monoisotopic (exact) mass is 469 g/mol. The summed E-state index contributed by atoms with van der Waals surface area (Å²) in [4.78, 5) is 23.5. The molecule has 1 aromatic carbocycles. The van der Waals surface area contributed by atoms with Gasteiger partial charge in [-0.3, -0.25) is 0 Å². The topological polar surface area (TPSA) is 66.4 Å². The molecule has 0 saturated heterocycles. The fourth-order valence-corrected chi connectivity index (χ4v) is 20.5. The minimum atomic E-state index is -2.73. The summed E-state index contributed by atoms with van der Waals surface area (Å²) in [5.74, 6) is -1.23. The van der Waals surface area contributed by atoms with Crippen LogP contribution >= 0.6 is 0 Å². The van der Waals surface area contributed by atoms with E-state index in [1.807, 2.05) is 12.1 Å². The van der Waals surface area contributed by atoms with Gasteiger partial charge in [-0.2, -0.15) is 0 Å². The van der Waals surface area contributed by atoms with Crippen LogP contribution in [0.3, 0.4) is 0 Å². The van der Waals surface area contributed by atoms with E-state index >= 15 is 0 Å². The van der Waals surface area contributed by atoms with E-state index in [-0.39, 0.29) is 12.5 Å². The molecule has 1 rings (SSSR count). The Labute approximate surface area is 162 Å². The van der Waals surface area contributed by atoms with E-state index in [1.54, 1.807) is 0 Å². The van der Waals surface area contributed by atoms with Crippen LogP contribution in [0.1, 0.15) is 69.7 Å². The first-order chi connectivity index (χ1) is 12.5. The van der Waals surface area contributed by atoms with Crippen molar-refractivity contribution in [1.29, 1.82) is 0 Å². The molecular formula is C21H35NO3Sn. The second-order valence-electron chi connectivity index (χ2n) is 7.21. The van der Waals surface area contributed by atoms with Gasteiger partial charge in [0.25, 0.3) is 0 Å². The van der Waals surface area contributed by atoms with Crippen molar-refractivity contribution in [2.24, 2.45) is 0 Å². The van der Waals surface area contributed by atoms with Crippen LogP contribution in [0, 0.1) is 0 Å². The van der Waals surface area contributed by atoms with Crippen LogP contribution in [0.25, 0.3) is 0 Å². The van der Waals surface area contributed by atoms with Crippen LogP contribution < -0.4 is 8.90 Å². The zero-order valence-electron chi connectivity index (χ0n) is 16.6. The average molecular weight is 468 g/mol. The van der Waals surface area contributed by atoms with Crippen molar-refractivity contribution in [1.82, 2.24) is 5.32 Å². The maximum atomic E-state index is 12.7. The van der Waals surface area contributed by atoms with Crippen LogP contribution in [-0.2, 0) is 4.79 Å². The molecule has 1 amide bonds. The fraction of sp³-hybridized carbons (Fsp3) is 0.619. The number of benzene rings is 1. The number of unbranched alkanes of at least 4 members (excludes halogenated alkanes) is 3. The van der Waals surface area contributed by atoms with Crippen molar-refractivity contribution in [3.63, 3.8) is 0 Å². The fourth-order valence-electron chi connectivity index (χ4n) is 3.72. The van der Waals surface area contributed by atoms with Gasteiger partial charge in [-0.25, -0.2) is 0 Å². The standard InChI is InChI=1S/C9H8NO3.3C4H9.Sn/c11-8(12)6-10-9(13)7-4-2-1-3-5-7;3*1-3-4-2;/h1-4H,6H2,(H,10,13)(H,11,12);3*1,3-4H2,2H3;. The number of aliphatic carboxylic acids is 1. The van der Waals surface area contributed by atoms with Gasteiger partial charge in [-0.1, -0.05) is 0 Å². The molecule has 0 spiro atoms. The third-order valence-corrected chi connectivity index (χ3v) is 20.9. The summed E-state index contributed by atoms with van der Waals surface area (Å²) in [6.07, 6.45) is 7.25.